The fourth-order valence-corrected chi connectivity index (χ4v) is 5.30. The lowest BCUT2D eigenvalue weighted by atomic mass is 9.79. The van der Waals surface area contributed by atoms with Crippen LogP contribution in [0.4, 0.5) is 0 Å². The molecule has 0 aliphatic heterocycles. The molecule has 0 radical (unpaired) electrons. The molecule has 0 N–H and O–H groups in total. The molecule has 1 nitrogen and oxygen atoms in total. The predicted octanol–water partition coefficient (Wildman–Crippen LogP) is 8.07. The monoisotopic (exact) mass is 419 g/mol. The maximum Gasteiger partial charge on any atom is 0.0556 e. The summed E-state index contributed by atoms with van der Waals surface area (Å²) in [6.07, 6.45) is 35.9. The second-order valence-corrected chi connectivity index (χ2v) is 9.02. The molecule has 0 saturated heterocycles. The number of benzene rings is 1. The van der Waals surface area contributed by atoms with E-state index in [4.69, 9.17) is 0 Å². The molecule has 0 fully saturated rings. The quantitative estimate of drug-likeness (QED) is 0.450. The largest absolute Gasteiger partial charge is 0.338 e. The van der Waals surface area contributed by atoms with Gasteiger partial charge in [-0.1, -0.05) is 96.7 Å². The molecule has 0 aromatic heterocycles. The van der Waals surface area contributed by atoms with E-state index in [0.717, 1.165) is 44.9 Å². The van der Waals surface area contributed by atoms with E-state index in [0.29, 0.717) is 12.0 Å². The van der Waals surface area contributed by atoms with Crippen LogP contribution in [0.2, 0.25) is 0 Å². The van der Waals surface area contributed by atoms with Crippen molar-refractivity contribution in [1.29, 1.82) is 0 Å². The van der Waals surface area contributed by atoms with Crippen molar-refractivity contribution in [3.05, 3.63) is 131 Å². The summed E-state index contributed by atoms with van der Waals surface area (Å²) >= 11 is 0. The second-order valence-electron chi connectivity index (χ2n) is 9.02. The zero-order valence-corrected chi connectivity index (χ0v) is 18.9. The fourth-order valence-electron chi connectivity index (χ4n) is 5.30. The Morgan fingerprint density at radius 3 is 2.28 bits per heavy atom. The first-order chi connectivity index (χ1) is 15.9. The van der Waals surface area contributed by atoms with E-state index < -0.39 is 0 Å². The first kappa shape index (κ1) is 20.8. The maximum atomic E-state index is 2.58. The van der Waals surface area contributed by atoms with Crippen LogP contribution in [-0.2, 0) is 0 Å². The van der Waals surface area contributed by atoms with Gasteiger partial charge in [-0.3, -0.25) is 0 Å². The third kappa shape index (κ3) is 4.58. The number of hydrogen-bond acceptors (Lipinski definition) is 1. The van der Waals surface area contributed by atoms with Gasteiger partial charge in [0.15, 0.2) is 0 Å². The summed E-state index contributed by atoms with van der Waals surface area (Å²) in [5.74, 6) is 0.366. The van der Waals surface area contributed by atoms with E-state index in [-0.39, 0.29) is 0 Å². The van der Waals surface area contributed by atoms with Crippen molar-refractivity contribution < 1.29 is 0 Å². The minimum atomic E-state index is 0.366. The van der Waals surface area contributed by atoms with E-state index in [2.05, 4.69) is 108 Å². The highest BCUT2D eigenvalue weighted by atomic mass is 15.2. The molecule has 2 unspecified atom stereocenters. The molecule has 0 saturated carbocycles. The molecule has 0 amide bonds. The van der Waals surface area contributed by atoms with E-state index >= 15 is 0 Å². The molecular weight excluding hydrogens is 386 g/mol. The highest BCUT2D eigenvalue weighted by Gasteiger charge is 2.26. The normalized spacial score (nSPS) is 23.2. The molecule has 1 aromatic rings. The summed E-state index contributed by atoms with van der Waals surface area (Å²) in [7, 11) is 0. The third-order valence-electron chi connectivity index (χ3n) is 6.87. The Morgan fingerprint density at radius 2 is 1.62 bits per heavy atom. The summed E-state index contributed by atoms with van der Waals surface area (Å²) in [5, 5.41) is 0. The minimum absolute atomic E-state index is 0.366. The number of allylic oxidation sites excluding steroid dienone is 13. The predicted molar refractivity (Wildman–Crippen MR) is 136 cm³/mol. The van der Waals surface area contributed by atoms with Gasteiger partial charge in [-0.25, -0.2) is 0 Å². The van der Waals surface area contributed by atoms with Gasteiger partial charge >= 0.3 is 0 Å². The van der Waals surface area contributed by atoms with Gasteiger partial charge in [0, 0.05) is 17.3 Å². The molecule has 0 heterocycles. The van der Waals surface area contributed by atoms with Crippen LogP contribution in [0, 0.1) is 0 Å². The van der Waals surface area contributed by atoms with Crippen molar-refractivity contribution in [3.8, 4) is 0 Å². The van der Waals surface area contributed by atoms with Crippen molar-refractivity contribution in [2.24, 2.45) is 0 Å². The van der Waals surface area contributed by atoms with Gasteiger partial charge in [-0.05, 0) is 68.2 Å². The Bertz CT molecular complexity index is 1050. The lowest BCUT2D eigenvalue weighted by molar-refractivity contribution is 0.354. The molecule has 32 heavy (non-hydrogen) atoms. The van der Waals surface area contributed by atoms with Crippen molar-refractivity contribution in [2.75, 3.05) is 0 Å². The second kappa shape index (κ2) is 10.0. The van der Waals surface area contributed by atoms with Crippen LogP contribution in [0.1, 0.15) is 56.4 Å². The van der Waals surface area contributed by atoms with Crippen molar-refractivity contribution in [3.63, 3.8) is 0 Å². The molecule has 0 spiro atoms. The smallest absolute Gasteiger partial charge is 0.0556 e. The van der Waals surface area contributed by atoms with Gasteiger partial charge < -0.3 is 4.90 Å². The first-order valence-electron chi connectivity index (χ1n) is 12.2. The summed E-state index contributed by atoms with van der Waals surface area (Å²) < 4.78 is 0. The molecular formula is C31H33N. The summed E-state index contributed by atoms with van der Waals surface area (Å²) in [6.45, 7) is 0. The maximum absolute atomic E-state index is 2.58. The molecule has 5 rings (SSSR count). The van der Waals surface area contributed by atoms with Crippen LogP contribution in [0.25, 0.3) is 0 Å². The van der Waals surface area contributed by atoms with Gasteiger partial charge in [-0.15, -0.1) is 0 Å². The topological polar surface area (TPSA) is 3.24 Å². The van der Waals surface area contributed by atoms with Gasteiger partial charge in [0.25, 0.3) is 0 Å². The van der Waals surface area contributed by atoms with Crippen LogP contribution in [0.5, 0.6) is 0 Å². The SMILES string of the molecule is C1=CCC(N(C2=CCCC=C2)C2=CC=C(C(C3=CCCC=C3)c3ccccc3)CC2)C=C1. The van der Waals surface area contributed by atoms with Crippen molar-refractivity contribution in [1.82, 2.24) is 4.90 Å². The van der Waals surface area contributed by atoms with Crippen molar-refractivity contribution >= 4 is 0 Å². The average Bonchev–Trinajstić information content (AvgIpc) is 2.88. The number of rotatable bonds is 6. The number of nitrogens with zero attached hydrogens (tertiary/aromatic N) is 1. The van der Waals surface area contributed by atoms with Crippen LogP contribution < -0.4 is 0 Å². The van der Waals surface area contributed by atoms with Gasteiger partial charge in [0.1, 0.15) is 0 Å². The zero-order valence-electron chi connectivity index (χ0n) is 18.9. The first-order valence-corrected chi connectivity index (χ1v) is 12.2. The average molecular weight is 420 g/mol. The Morgan fingerprint density at radius 1 is 0.781 bits per heavy atom. The van der Waals surface area contributed by atoms with E-state index in [1.165, 1.54) is 28.1 Å². The Kier molecular flexibility index (Phi) is 6.53. The summed E-state index contributed by atoms with van der Waals surface area (Å²) in [4.78, 5) is 2.58. The molecule has 1 heteroatoms. The van der Waals surface area contributed by atoms with Gasteiger partial charge in [0.2, 0.25) is 0 Å². The van der Waals surface area contributed by atoms with Crippen LogP contribution >= 0.6 is 0 Å². The van der Waals surface area contributed by atoms with Crippen molar-refractivity contribution in [2.45, 2.75) is 56.9 Å². The molecule has 1 aromatic carbocycles. The summed E-state index contributed by atoms with van der Waals surface area (Å²) in [5.41, 5.74) is 7.20. The fraction of sp³-hybridized carbons (Fsp3) is 0.290. The molecule has 2 atom stereocenters. The molecule has 4 aliphatic rings. The van der Waals surface area contributed by atoms with E-state index in [9.17, 15) is 0 Å². The Labute approximate surface area is 193 Å². The Balaban J connectivity index is 1.48. The van der Waals surface area contributed by atoms with Gasteiger partial charge in [0.05, 0.1) is 6.04 Å². The van der Waals surface area contributed by atoms with Crippen LogP contribution in [0.15, 0.2) is 126 Å². The molecule has 4 aliphatic carbocycles. The minimum Gasteiger partial charge on any atom is -0.338 e. The van der Waals surface area contributed by atoms with Gasteiger partial charge in [-0.2, -0.15) is 0 Å². The lowest BCUT2D eigenvalue weighted by Crippen LogP contribution is -2.33. The highest BCUT2D eigenvalue weighted by molar-refractivity contribution is 5.47. The standard InChI is InChI=1S/C31H33N/c1-5-13-25(14-6-1)31(26-15-7-2-8-16-26)27-21-23-30(24-22-27)32(28-17-9-3-10-18-28)29-19-11-4-12-20-29/h1,3,5-7,9-11,13-17,19-21,23,28,31H,2,4,8,12,18,22,24H2. The third-order valence-corrected chi connectivity index (χ3v) is 6.87. The highest BCUT2D eigenvalue weighted by Crippen LogP contribution is 2.40. The lowest BCUT2D eigenvalue weighted by Gasteiger charge is -2.37. The number of hydrogen-bond donors (Lipinski definition) is 0. The van der Waals surface area contributed by atoms with Crippen LogP contribution in [0.3, 0.4) is 0 Å². The molecule has 162 valence electrons. The summed E-state index contributed by atoms with van der Waals surface area (Å²) in [6, 6.07) is 11.5. The van der Waals surface area contributed by atoms with E-state index in [1.54, 1.807) is 0 Å². The Hall–Kier alpha value is -3.06. The van der Waals surface area contributed by atoms with E-state index in [1.807, 2.05) is 0 Å². The molecule has 0 bridgehead atoms. The zero-order chi connectivity index (χ0) is 21.6. The van der Waals surface area contributed by atoms with Crippen LogP contribution in [-0.4, -0.2) is 10.9 Å².